The highest BCUT2D eigenvalue weighted by atomic mass is 35.5. The van der Waals surface area contributed by atoms with Crippen molar-refractivity contribution in [3.63, 3.8) is 0 Å². The van der Waals surface area contributed by atoms with Gasteiger partial charge in [-0.2, -0.15) is 0 Å². The first-order valence-electron chi connectivity index (χ1n) is 5.82. The summed E-state index contributed by atoms with van der Waals surface area (Å²) in [7, 11) is 3.22. The van der Waals surface area contributed by atoms with E-state index in [0.29, 0.717) is 36.2 Å². The van der Waals surface area contributed by atoms with E-state index in [2.05, 4.69) is 0 Å². The Morgan fingerprint density at radius 2 is 2.00 bits per heavy atom. The van der Waals surface area contributed by atoms with E-state index in [-0.39, 0.29) is 6.04 Å². The SMILES string of the molecule is COCCOc1c(CC(C)N)cc(Cl)cc1OC. The molecular formula is C13H20ClNO3. The molecule has 2 N–H and O–H groups in total. The van der Waals surface area contributed by atoms with Gasteiger partial charge < -0.3 is 19.9 Å². The molecule has 102 valence electrons. The maximum absolute atomic E-state index is 6.04. The molecule has 0 saturated carbocycles. The minimum atomic E-state index is 0.0259. The van der Waals surface area contributed by atoms with Crippen LogP contribution in [0.5, 0.6) is 11.5 Å². The molecule has 1 unspecified atom stereocenters. The van der Waals surface area contributed by atoms with Crippen LogP contribution in [0.2, 0.25) is 5.02 Å². The lowest BCUT2D eigenvalue weighted by Gasteiger charge is -2.16. The summed E-state index contributed by atoms with van der Waals surface area (Å²) in [6.07, 6.45) is 0.680. The molecule has 0 fully saturated rings. The zero-order valence-electron chi connectivity index (χ0n) is 11.0. The Bertz CT molecular complexity index is 383. The van der Waals surface area contributed by atoms with Crippen LogP contribution in [0.4, 0.5) is 0 Å². The van der Waals surface area contributed by atoms with Crippen LogP contribution in [0.1, 0.15) is 12.5 Å². The maximum Gasteiger partial charge on any atom is 0.164 e. The molecule has 0 spiro atoms. The zero-order valence-corrected chi connectivity index (χ0v) is 11.8. The van der Waals surface area contributed by atoms with Gasteiger partial charge in [0.15, 0.2) is 11.5 Å². The minimum Gasteiger partial charge on any atom is -0.493 e. The van der Waals surface area contributed by atoms with Gasteiger partial charge in [0.1, 0.15) is 6.61 Å². The third kappa shape index (κ3) is 4.37. The average Bonchev–Trinajstić information content (AvgIpc) is 2.30. The first-order valence-corrected chi connectivity index (χ1v) is 6.20. The van der Waals surface area contributed by atoms with E-state index in [4.69, 9.17) is 31.5 Å². The van der Waals surface area contributed by atoms with Crippen molar-refractivity contribution in [3.05, 3.63) is 22.7 Å². The number of hydrogen-bond acceptors (Lipinski definition) is 4. The fourth-order valence-corrected chi connectivity index (χ4v) is 1.89. The van der Waals surface area contributed by atoms with Crippen molar-refractivity contribution in [2.45, 2.75) is 19.4 Å². The van der Waals surface area contributed by atoms with E-state index in [0.717, 1.165) is 5.56 Å². The molecule has 0 aliphatic carbocycles. The summed E-state index contributed by atoms with van der Waals surface area (Å²) in [5, 5.41) is 0.613. The predicted molar refractivity (Wildman–Crippen MR) is 72.7 cm³/mol. The van der Waals surface area contributed by atoms with Crippen molar-refractivity contribution < 1.29 is 14.2 Å². The van der Waals surface area contributed by atoms with E-state index < -0.39 is 0 Å². The summed E-state index contributed by atoms with van der Waals surface area (Å²) >= 11 is 6.04. The summed E-state index contributed by atoms with van der Waals surface area (Å²) in [5.74, 6) is 1.31. The van der Waals surface area contributed by atoms with Crippen LogP contribution in [0.3, 0.4) is 0 Å². The average molecular weight is 274 g/mol. The second kappa shape index (κ2) is 7.46. The van der Waals surface area contributed by atoms with E-state index in [9.17, 15) is 0 Å². The molecule has 0 amide bonds. The Balaban J connectivity index is 2.99. The molecule has 1 aromatic carbocycles. The quantitative estimate of drug-likeness (QED) is 0.775. The molecule has 4 nitrogen and oxygen atoms in total. The number of nitrogens with two attached hydrogens (primary N) is 1. The number of methoxy groups -OCH3 is 2. The summed E-state index contributed by atoms with van der Waals surface area (Å²) in [6, 6.07) is 3.61. The molecule has 0 aliphatic heterocycles. The van der Waals surface area contributed by atoms with Gasteiger partial charge in [0.25, 0.3) is 0 Å². The second-order valence-corrected chi connectivity index (χ2v) is 4.56. The summed E-state index contributed by atoms with van der Waals surface area (Å²) in [5.41, 5.74) is 6.78. The Labute approximate surface area is 113 Å². The molecule has 18 heavy (non-hydrogen) atoms. The molecule has 0 heterocycles. The second-order valence-electron chi connectivity index (χ2n) is 4.12. The highest BCUT2D eigenvalue weighted by molar-refractivity contribution is 6.30. The third-order valence-electron chi connectivity index (χ3n) is 2.39. The Kier molecular flexibility index (Phi) is 6.25. The fraction of sp³-hybridized carbons (Fsp3) is 0.538. The monoisotopic (exact) mass is 273 g/mol. The lowest BCUT2D eigenvalue weighted by molar-refractivity contribution is 0.143. The fourth-order valence-electron chi connectivity index (χ4n) is 1.66. The van der Waals surface area contributed by atoms with Crippen molar-refractivity contribution in [3.8, 4) is 11.5 Å². The summed E-state index contributed by atoms with van der Waals surface area (Å²) in [6.45, 7) is 2.91. The molecule has 0 aromatic heterocycles. The lowest BCUT2D eigenvalue weighted by atomic mass is 10.1. The number of hydrogen-bond donors (Lipinski definition) is 1. The van der Waals surface area contributed by atoms with Crippen molar-refractivity contribution in [2.75, 3.05) is 27.4 Å². The van der Waals surface area contributed by atoms with E-state index in [1.165, 1.54) is 0 Å². The van der Waals surface area contributed by atoms with Crippen molar-refractivity contribution in [1.82, 2.24) is 0 Å². The van der Waals surface area contributed by atoms with Crippen LogP contribution < -0.4 is 15.2 Å². The number of rotatable bonds is 7. The minimum absolute atomic E-state index is 0.0259. The summed E-state index contributed by atoms with van der Waals surface area (Å²) < 4.78 is 15.9. The lowest BCUT2D eigenvalue weighted by Crippen LogP contribution is -2.19. The number of benzene rings is 1. The Morgan fingerprint density at radius 1 is 1.28 bits per heavy atom. The van der Waals surface area contributed by atoms with Crippen LogP contribution in [-0.4, -0.2) is 33.5 Å². The zero-order chi connectivity index (χ0) is 13.5. The first kappa shape index (κ1) is 15.1. The van der Waals surface area contributed by atoms with Crippen molar-refractivity contribution in [2.24, 2.45) is 5.73 Å². The maximum atomic E-state index is 6.04. The van der Waals surface area contributed by atoms with E-state index >= 15 is 0 Å². The van der Waals surface area contributed by atoms with Gasteiger partial charge in [-0.25, -0.2) is 0 Å². The van der Waals surface area contributed by atoms with Gasteiger partial charge in [0.05, 0.1) is 13.7 Å². The van der Waals surface area contributed by atoms with Crippen LogP contribution >= 0.6 is 11.6 Å². The van der Waals surface area contributed by atoms with Crippen LogP contribution in [0, 0.1) is 0 Å². The molecule has 0 aliphatic rings. The molecule has 1 atom stereocenters. The van der Waals surface area contributed by atoms with Crippen molar-refractivity contribution >= 4 is 11.6 Å². The standard InChI is InChI=1S/C13H20ClNO3/c1-9(15)6-10-7-11(14)8-12(17-3)13(10)18-5-4-16-2/h7-9H,4-6,15H2,1-3H3. The molecule has 0 saturated heterocycles. The normalized spacial score (nSPS) is 12.3. The molecule has 1 aromatic rings. The molecule has 1 rings (SSSR count). The van der Waals surface area contributed by atoms with Crippen LogP contribution in [0.15, 0.2) is 12.1 Å². The Morgan fingerprint density at radius 3 is 2.56 bits per heavy atom. The highest BCUT2D eigenvalue weighted by Gasteiger charge is 2.14. The van der Waals surface area contributed by atoms with Crippen LogP contribution in [0.25, 0.3) is 0 Å². The highest BCUT2D eigenvalue weighted by Crippen LogP contribution is 2.35. The van der Waals surface area contributed by atoms with E-state index in [1.54, 1.807) is 20.3 Å². The third-order valence-corrected chi connectivity index (χ3v) is 2.61. The van der Waals surface area contributed by atoms with Gasteiger partial charge >= 0.3 is 0 Å². The number of halogens is 1. The predicted octanol–water partition coefficient (Wildman–Crippen LogP) is 2.26. The van der Waals surface area contributed by atoms with Gasteiger partial charge in [-0.15, -0.1) is 0 Å². The largest absolute Gasteiger partial charge is 0.493 e. The molecular weight excluding hydrogens is 254 g/mol. The van der Waals surface area contributed by atoms with E-state index in [1.807, 2.05) is 13.0 Å². The van der Waals surface area contributed by atoms with Gasteiger partial charge in [-0.05, 0) is 19.4 Å². The van der Waals surface area contributed by atoms with Gasteiger partial charge in [-0.1, -0.05) is 11.6 Å². The van der Waals surface area contributed by atoms with Gasteiger partial charge in [-0.3, -0.25) is 0 Å². The molecule has 0 bridgehead atoms. The molecule has 5 heteroatoms. The number of ether oxygens (including phenoxy) is 3. The van der Waals surface area contributed by atoms with Crippen LogP contribution in [-0.2, 0) is 11.2 Å². The van der Waals surface area contributed by atoms with Crippen molar-refractivity contribution in [1.29, 1.82) is 0 Å². The Hall–Kier alpha value is -0.970. The molecule has 0 radical (unpaired) electrons. The first-order chi connectivity index (χ1) is 8.58. The smallest absolute Gasteiger partial charge is 0.164 e. The van der Waals surface area contributed by atoms with Gasteiger partial charge in [0, 0.05) is 29.8 Å². The summed E-state index contributed by atoms with van der Waals surface area (Å²) in [4.78, 5) is 0. The van der Waals surface area contributed by atoms with Gasteiger partial charge in [0.2, 0.25) is 0 Å². The topological polar surface area (TPSA) is 53.7 Å².